The first-order chi connectivity index (χ1) is 23.8. The quantitative estimate of drug-likeness (QED) is 0.229. The molecular formula is C35H44F3N9O2S. The van der Waals surface area contributed by atoms with Gasteiger partial charge in [0.15, 0.2) is 0 Å². The molecule has 268 valence electrons. The summed E-state index contributed by atoms with van der Waals surface area (Å²) in [5, 5.41) is 18.2. The van der Waals surface area contributed by atoms with Gasteiger partial charge < -0.3 is 24.8 Å². The fraction of sp³-hybridized carbons (Fsp3) is 0.543. The number of aromatic nitrogens is 3. The fourth-order valence-electron chi connectivity index (χ4n) is 7.02. The van der Waals surface area contributed by atoms with Crippen molar-refractivity contribution in [3.8, 4) is 6.07 Å². The van der Waals surface area contributed by atoms with E-state index in [1.54, 1.807) is 32.1 Å². The van der Waals surface area contributed by atoms with Gasteiger partial charge in [0.05, 0.1) is 18.4 Å². The number of halogens is 3. The van der Waals surface area contributed by atoms with Crippen LogP contribution in [0, 0.1) is 18.3 Å². The summed E-state index contributed by atoms with van der Waals surface area (Å²) in [4.78, 5) is 28.5. The number of carbonyl (C=O) groups excluding carboxylic acids is 1. The van der Waals surface area contributed by atoms with Gasteiger partial charge in [-0.2, -0.15) is 23.4 Å². The van der Waals surface area contributed by atoms with Gasteiger partial charge in [-0.1, -0.05) is 6.07 Å². The number of hydrogen-bond acceptors (Lipinski definition) is 10. The molecule has 11 nitrogen and oxygen atoms in total. The molecule has 2 saturated heterocycles. The van der Waals surface area contributed by atoms with Gasteiger partial charge in [-0.05, 0) is 56.0 Å². The number of likely N-dealkylation sites (N-methyl/N-ethyl adjacent to an activating group) is 1. The van der Waals surface area contributed by atoms with Crippen LogP contribution in [0.2, 0.25) is 0 Å². The minimum Gasteiger partial charge on any atom is -0.367 e. The van der Waals surface area contributed by atoms with Crippen molar-refractivity contribution in [1.82, 2.24) is 29.2 Å². The van der Waals surface area contributed by atoms with Crippen LogP contribution in [0.1, 0.15) is 41.5 Å². The number of nitriles is 1. The Balaban J connectivity index is 1.11. The van der Waals surface area contributed by atoms with E-state index in [9.17, 15) is 23.2 Å². The maximum absolute atomic E-state index is 13.1. The Morgan fingerprint density at radius 2 is 1.94 bits per heavy atom. The lowest BCUT2D eigenvalue weighted by atomic mass is 10.0. The van der Waals surface area contributed by atoms with E-state index in [-0.39, 0.29) is 22.9 Å². The third-order valence-electron chi connectivity index (χ3n) is 9.83. The lowest BCUT2D eigenvalue weighted by molar-refractivity contribution is -0.148. The molecule has 4 aromatic rings. The molecule has 1 aromatic carbocycles. The van der Waals surface area contributed by atoms with Crippen LogP contribution in [-0.2, 0) is 29.0 Å². The molecule has 1 unspecified atom stereocenters. The number of anilines is 2. The Kier molecular flexibility index (Phi) is 10.5. The minimum atomic E-state index is -4.28. The van der Waals surface area contributed by atoms with Crippen LogP contribution in [0.25, 0.3) is 21.1 Å². The molecule has 2 N–H and O–H groups in total. The molecule has 50 heavy (non-hydrogen) atoms. The van der Waals surface area contributed by atoms with Gasteiger partial charge >= 0.3 is 6.18 Å². The van der Waals surface area contributed by atoms with Crippen molar-refractivity contribution >= 4 is 50.1 Å². The van der Waals surface area contributed by atoms with E-state index in [4.69, 9.17) is 4.74 Å². The van der Waals surface area contributed by atoms with Crippen molar-refractivity contribution < 1.29 is 22.7 Å². The normalized spacial score (nSPS) is 18.7. The fourth-order valence-corrected chi connectivity index (χ4v) is 8.07. The van der Waals surface area contributed by atoms with E-state index in [2.05, 4.69) is 67.0 Å². The number of carbonyl (C=O) groups is 1. The Labute approximate surface area is 294 Å². The number of ether oxygens (including phenoxy) is 1. The molecule has 0 spiro atoms. The lowest BCUT2D eigenvalue weighted by Crippen LogP contribution is -2.52. The number of benzene rings is 1. The van der Waals surface area contributed by atoms with Crippen molar-refractivity contribution in [2.45, 2.75) is 70.6 Å². The smallest absolute Gasteiger partial charge is 0.367 e. The predicted octanol–water partition coefficient (Wildman–Crippen LogP) is 5.23. The van der Waals surface area contributed by atoms with Crippen LogP contribution in [0.4, 0.5) is 24.9 Å². The number of piperidine rings is 1. The zero-order valence-corrected chi connectivity index (χ0v) is 29.9. The van der Waals surface area contributed by atoms with Gasteiger partial charge in [-0.3, -0.25) is 14.6 Å². The number of rotatable bonds is 10. The zero-order chi connectivity index (χ0) is 35.7. The average Bonchev–Trinajstić information content (AvgIpc) is 3.66. The molecule has 0 radical (unpaired) electrons. The van der Waals surface area contributed by atoms with Crippen LogP contribution >= 0.6 is 11.3 Å². The number of fused-ring (bicyclic) bond motifs is 2. The van der Waals surface area contributed by atoms with Gasteiger partial charge in [-0.25, -0.2) is 4.98 Å². The van der Waals surface area contributed by atoms with Crippen molar-refractivity contribution in [2.75, 3.05) is 64.6 Å². The number of amides is 1. The van der Waals surface area contributed by atoms with Crippen molar-refractivity contribution in [1.29, 1.82) is 5.26 Å². The highest BCUT2D eigenvalue weighted by molar-refractivity contribution is 7.18. The number of likely N-dealkylation sites (tertiary alicyclic amines) is 1. The summed E-state index contributed by atoms with van der Waals surface area (Å²) in [6, 6.07) is 10.4. The molecule has 2 aliphatic rings. The van der Waals surface area contributed by atoms with E-state index < -0.39 is 18.7 Å². The molecule has 15 heteroatoms. The van der Waals surface area contributed by atoms with Crippen molar-refractivity contribution in [3.05, 3.63) is 46.0 Å². The van der Waals surface area contributed by atoms with E-state index in [1.807, 2.05) is 6.07 Å². The predicted molar refractivity (Wildman–Crippen MR) is 190 cm³/mol. The summed E-state index contributed by atoms with van der Waals surface area (Å²) in [7, 11) is 5.17. The third kappa shape index (κ3) is 7.83. The minimum absolute atomic E-state index is 0.0373. The van der Waals surface area contributed by atoms with E-state index in [0.29, 0.717) is 47.4 Å². The summed E-state index contributed by atoms with van der Waals surface area (Å²) in [6.45, 7) is 9.09. The van der Waals surface area contributed by atoms with Crippen molar-refractivity contribution in [3.63, 3.8) is 0 Å². The summed E-state index contributed by atoms with van der Waals surface area (Å²) in [5.41, 5.74) is 4.01. The summed E-state index contributed by atoms with van der Waals surface area (Å²) in [5.74, 6) is 0.897. The van der Waals surface area contributed by atoms with E-state index in [1.165, 1.54) is 5.56 Å². The third-order valence-corrected chi connectivity index (χ3v) is 10.9. The average molecular weight is 712 g/mol. The first-order valence-electron chi connectivity index (χ1n) is 17.0. The molecular weight excluding hydrogens is 668 g/mol. The number of nitrogens with one attached hydrogen (secondary N) is 2. The van der Waals surface area contributed by atoms with Gasteiger partial charge in [0, 0.05) is 88.3 Å². The first kappa shape index (κ1) is 35.8. The van der Waals surface area contributed by atoms with Crippen LogP contribution in [0.3, 0.4) is 0 Å². The summed E-state index contributed by atoms with van der Waals surface area (Å²) >= 11 is 1.05. The zero-order valence-electron chi connectivity index (χ0n) is 29.1. The maximum atomic E-state index is 13.1. The van der Waals surface area contributed by atoms with Crippen LogP contribution in [0.5, 0.6) is 0 Å². The highest BCUT2D eigenvalue weighted by atomic mass is 32.1. The molecule has 1 amide bonds. The molecule has 2 fully saturated rings. The lowest BCUT2D eigenvalue weighted by Gasteiger charge is -2.37. The number of thiophene rings is 1. The molecule has 0 aliphatic carbocycles. The molecule has 2 atom stereocenters. The van der Waals surface area contributed by atoms with Crippen LogP contribution in [-0.4, -0.2) is 113 Å². The molecule has 0 saturated carbocycles. The Bertz CT molecular complexity index is 1890. The topological polar surface area (TPSA) is 115 Å². The van der Waals surface area contributed by atoms with E-state index in [0.717, 1.165) is 66.8 Å². The maximum Gasteiger partial charge on any atom is 0.393 e. The Morgan fingerprint density at radius 1 is 1.18 bits per heavy atom. The second-order valence-electron chi connectivity index (χ2n) is 13.5. The highest BCUT2D eigenvalue weighted by Gasteiger charge is 2.32. The number of hydrogen-bond donors (Lipinski definition) is 2. The molecule has 5 heterocycles. The molecule has 3 aromatic heterocycles. The van der Waals surface area contributed by atoms with Crippen LogP contribution < -0.4 is 10.6 Å². The Hall–Kier alpha value is -3.97. The molecule has 6 rings (SSSR count). The van der Waals surface area contributed by atoms with Crippen LogP contribution in [0.15, 0.2) is 24.3 Å². The van der Waals surface area contributed by atoms with Gasteiger partial charge in [0.1, 0.15) is 28.5 Å². The second-order valence-corrected chi connectivity index (χ2v) is 14.6. The largest absolute Gasteiger partial charge is 0.393 e. The SMILES string of the molecule is CNc1nc(NC2CCN(Cc3ccc4c(cc(C#N)n4C[C@H](C)N4CCOC(C(=O)N(C)C)C4)c3C)CC2)c2cc(CC(F)(F)F)sc2n1. The molecule has 2 aliphatic heterocycles. The molecule has 0 bridgehead atoms. The number of nitrogens with zero attached hydrogens (tertiary/aromatic N) is 7. The number of morpholine rings is 1. The number of aryl methyl sites for hydroxylation is 1. The first-order valence-corrected chi connectivity index (χ1v) is 17.8. The van der Waals surface area contributed by atoms with Gasteiger partial charge in [0.25, 0.3) is 5.91 Å². The summed E-state index contributed by atoms with van der Waals surface area (Å²) in [6.07, 6.45) is -4.04. The second kappa shape index (κ2) is 14.7. The van der Waals surface area contributed by atoms with Gasteiger partial charge in [-0.15, -0.1) is 11.3 Å². The monoisotopic (exact) mass is 711 g/mol. The van der Waals surface area contributed by atoms with E-state index >= 15 is 0 Å². The number of alkyl halides is 3. The standard InChI is InChI=1S/C35H44F3N9O2S/c1-21(46-12-13-49-30(20-46)33(48)44(4)5)18-47-25(17-39)14-27-22(2)23(6-7-29(27)47)19-45-10-8-24(9-11-45)41-31-28-15-26(16-35(36,37)38)50-32(28)43-34(40-3)42-31/h6-7,14-15,21,24,30H,8-13,16,18-20H2,1-5H3,(H2,40,41,42,43)/t21-,30?/m0/s1. The van der Waals surface area contributed by atoms with Crippen molar-refractivity contribution in [2.24, 2.45) is 0 Å². The van der Waals surface area contributed by atoms with Gasteiger partial charge in [0.2, 0.25) is 5.95 Å². The highest BCUT2D eigenvalue weighted by Crippen LogP contribution is 2.35. The Morgan fingerprint density at radius 3 is 2.62 bits per heavy atom. The summed E-state index contributed by atoms with van der Waals surface area (Å²) < 4.78 is 47.1.